The van der Waals surface area contributed by atoms with Gasteiger partial charge in [0, 0.05) is 50.1 Å². The fourth-order valence-corrected chi connectivity index (χ4v) is 3.30. The van der Waals surface area contributed by atoms with Crippen LogP contribution in [0.25, 0.3) is 0 Å². The number of hydrogen-bond acceptors (Lipinski definition) is 5. The summed E-state index contributed by atoms with van der Waals surface area (Å²) in [5, 5.41) is 4.58. The molecule has 27 heavy (non-hydrogen) atoms. The van der Waals surface area contributed by atoms with E-state index in [1.165, 1.54) is 5.56 Å². The first-order valence-corrected chi connectivity index (χ1v) is 9.82. The second-order valence-electron chi connectivity index (χ2n) is 6.95. The molecule has 0 N–H and O–H groups in total. The standard InChI is InChI=1S/C21H31N3O3/c1-4-24-16-19(17(2)22-24)15-23-9-12-26-10-5-6-11-27-21-8-7-20(25-3)13-18(21)14-23/h7-8,13,16H,4-6,9-12,14-15H2,1-3H3. The van der Waals surface area contributed by atoms with Gasteiger partial charge in [0.05, 0.1) is 26.0 Å². The van der Waals surface area contributed by atoms with Gasteiger partial charge >= 0.3 is 0 Å². The Kier molecular flexibility index (Phi) is 7.12. The van der Waals surface area contributed by atoms with E-state index in [0.717, 1.165) is 75.0 Å². The van der Waals surface area contributed by atoms with E-state index >= 15 is 0 Å². The van der Waals surface area contributed by atoms with Gasteiger partial charge in [0.25, 0.3) is 0 Å². The van der Waals surface area contributed by atoms with Gasteiger partial charge in [0.15, 0.2) is 0 Å². The lowest BCUT2D eigenvalue weighted by molar-refractivity contribution is 0.0908. The Morgan fingerprint density at radius 2 is 2.04 bits per heavy atom. The lowest BCUT2D eigenvalue weighted by Crippen LogP contribution is -2.28. The first kappa shape index (κ1) is 19.7. The molecule has 1 aromatic heterocycles. The van der Waals surface area contributed by atoms with Crippen LogP contribution in [0.4, 0.5) is 0 Å². The third-order valence-electron chi connectivity index (χ3n) is 4.92. The Morgan fingerprint density at radius 1 is 1.19 bits per heavy atom. The molecule has 6 heteroatoms. The van der Waals surface area contributed by atoms with Crippen LogP contribution >= 0.6 is 0 Å². The molecule has 1 aliphatic rings. The number of methoxy groups -OCH3 is 1. The van der Waals surface area contributed by atoms with E-state index in [1.807, 2.05) is 16.8 Å². The van der Waals surface area contributed by atoms with Gasteiger partial charge in [-0.1, -0.05) is 0 Å². The Labute approximate surface area is 162 Å². The molecule has 0 bridgehead atoms. The van der Waals surface area contributed by atoms with E-state index < -0.39 is 0 Å². The van der Waals surface area contributed by atoms with Gasteiger partial charge in [-0.2, -0.15) is 5.10 Å². The van der Waals surface area contributed by atoms with Gasteiger partial charge in [-0.05, 0) is 44.9 Å². The molecule has 0 unspecified atom stereocenters. The molecule has 1 aliphatic heterocycles. The third kappa shape index (κ3) is 5.47. The summed E-state index contributed by atoms with van der Waals surface area (Å²) in [5.74, 6) is 1.80. The molecule has 148 valence electrons. The molecule has 0 radical (unpaired) electrons. The minimum atomic E-state index is 0.713. The minimum Gasteiger partial charge on any atom is -0.497 e. The lowest BCUT2D eigenvalue weighted by Gasteiger charge is -2.24. The fourth-order valence-electron chi connectivity index (χ4n) is 3.30. The monoisotopic (exact) mass is 373 g/mol. The summed E-state index contributed by atoms with van der Waals surface area (Å²) in [5.41, 5.74) is 3.50. The molecule has 0 aliphatic carbocycles. The molecule has 2 aromatic rings. The van der Waals surface area contributed by atoms with Crippen LogP contribution in [0.3, 0.4) is 0 Å². The Bertz CT molecular complexity index is 729. The van der Waals surface area contributed by atoms with Crippen LogP contribution in [0.5, 0.6) is 11.5 Å². The number of fused-ring (bicyclic) bond motifs is 1. The van der Waals surface area contributed by atoms with Crippen molar-refractivity contribution in [2.45, 2.75) is 46.3 Å². The fraction of sp³-hybridized carbons (Fsp3) is 0.571. The van der Waals surface area contributed by atoms with Crippen LogP contribution in [-0.4, -0.2) is 48.2 Å². The molecule has 0 atom stereocenters. The predicted octanol–water partition coefficient (Wildman–Crippen LogP) is 3.41. The van der Waals surface area contributed by atoms with Crippen molar-refractivity contribution in [3.63, 3.8) is 0 Å². The largest absolute Gasteiger partial charge is 0.497 e. The molecule has 6 nitrogen and oxygen atoms in total. The van der Waals surface area contributed by atoms with Crippen LogP contribution in [0.15, 0.2) is 24.4 Å². The highest BCUT2D eigenvalue weighted by Crippen LogP contribution is 2.27. The molecule has 0 fully saturated rings. The van der Waals surface area contributed by atoms with Crippen molar-refractivity contribution in [2.24, 2.45) is 0 Å². The molecule has 0 spiro atoms. The SMILES string of the molecule is CCn1cc(CN2CCOCCCCOc3ccc(OC)cc3C2)c(C)n1. The molecule has 0 amide bonds. The van der Waals surface area contributed by atoms with Gasteiger partial charge in [-0.3, -0.25) is 9.58 Å². The number of hydrogen-bond donors (Lipinski definition) is 0. The van der Waals surface area contributed by atoms with Crippen molar-refractivity contribution in [3.05, 3.63) is 41.2 Å². The summed E-state index contributed by atoms with van der Waals surface area (Å²) in [6, 6.07) is 6.07. The van der Waals surface area contributed by atoms with Gasteiger partial charge in [0.2, 0.25) is 0 Å². The van der Waals surface area contributed by atoms with Crippen molar-refractivity contribution in [2.75, 3.05) is 33.5 Å². The van der Waals surface area contributed by atoms with Crippen LogP contribution in [0, 0.1) is 6.92 Å². The van der Waals surface area contributed by atoms with Gasteiger partial charge in [-0.25, -0.2) is 0 Å². The highest BCUT2D eigenvalue weighted by Gasteiger charge is 2.15. The zero-order valence-corrected chi connectivity index (χ0v) is 16.7. The zero-order valence-electron chi connectivity index (χ0n) is 16.7. The second-order valence-corrected chi connectivity index (χ2v) is 6.95. The molecular formula is C21H31N3O3. The summed E-state index contributed by atoms with van der Waals surface area (Å²) in [6.07, 6.45) is 4.17. The Morgan fingerprint density at radius 3 is 2.81 bits per heavy atom. The van der Waals surface area contributed by atoms with Crippen LogP contribution in [-0.2, 0) is 24.4 Å². The van der Waals surface area contributed by atoms with E-state index in [1.54, 1.807) is 7.11 Å². The van der Waals surface area contributed by atoms with E-state index in [9.17, 15) is 0 Å². The highest BCUT2D eigenvalue weighted by atomic mass is 16.5. The van der Waals surface area contributed by atoms with Crippen molar-refractivity contribution in [3.8, 4) is 11.5 Å². The van der Waals surface area contributed by atoms with Crippen molar-refractivity contribution >= 4 is 0 Å². The maximum absolute atomic E-state index is 6.05. The van der Waals surface area contributed by atoms with E-state index in [2.05, 4.69) is 36.1 Å². The molecule has 2 heterocycles. The normalized spacial score (nSPS) is 16.7. The van der Waals surface area contributed by atoms with Gasteiger partial charge < -0.3 is 14.2 Å². The van der Waals surface area contributed by atoms with Crippen LogP contribution in [0.1, 0.15) is 36.6 Å². The summed E-state index contributed by atoms with van der Waals surface area (Å²) < 4.78 is 19.3. The molecular weight excluding hydrogens is 342 g/mol. The zero-order chi connectivity index (χ0) is 19.1. The maximum atomic E-state index is 6.05. The van der Waals surface area contributed by atoms with E-state index in [0.29, 0.717) is 6.61 Å². The highest BCUT2D eigenvalue weighted by molar-refractivity contribution is 5.40. The number of aromatic nitrogens is 2. The minimum absolute atomic E-state index is 0.713. The van der Waals surface area contributed by atoms with Crippen LogP contribution < -0.4 is 9.47 Å². The molecule has 3 rings (SSSR count). The maximum Gasteiger partial charge on any atom is 0.124 e. The number of nitrogens with zero attached hydrogens (tertiary/aromatic N) is 3. The number of benzene rings is 1. The van der Waals surface area contributed by atoms with Crippen LogP contribution in [0.2, 0.25) is 0 Å². The molecule has 0 saturated carbocycles. The summed E-state index contributed by atoms with van der Waals surface area (Å²) >= 11 is 0. The van der Waals surface area contributed by atoms with Crippen molar-refractivity contribution in [1.82, 2.24) is 14.7 Å². The Balaban J connectivity index is 1.83. The lowest BCUT2D eigenvalue weighted by atomic mass is 10.1. The smallest absolute Gasteiger partial charge is 0.124 e. The first-order chi connectivity index (χ1) is 13.2. The first-order valence-electron chi connectivity index (χ1n) is 9.82. The quantitative estimate of drug-likeness (QED) is 0.822. The number of aryl methyl sites for hydroxylation is 2. The van der Waals surface area contributed by atoms with Crippen molar-refractivity contribution in [1.29, 1.82) is 0 Å². The Hall–Kier alpha value is -2.05. The van der Waals surface area contributed by atoms with Gasteiger partial charge in [0.1, 0.15) is 11.5 Å². The second kappa shape index (κ2) is 9.76. The van der Waals surface area contributed by atoms with E-state index in [-0.39, 0.29) is 0 Å². The molecule has 1 aromatic carbocycles. The number of rotatable bonds is 4. The summed E-state index contributed by atoms with van der Waals surface area (Å²) in [7, 11) is 1.70. The average molecular weight is 373 g/mol. The summed E-state index contributed by atoms with van der Waals surface area (Å²) in [6.45, 7) is 9.81. The molecule has 0 saturated heterocycles. The van der Waals surface area contributed by atoms with Crippen molar-refractivity contribution < 1.29 is 14.2 Å². The third-order valence-corrected chi connectivity index (χ3v) is 4.92. The predicted molar refractivity (Wildman–Crippen MR) is 105 cm³/mol. The van der Waals surface area contributed by atoms with E-state index in [4.69, 9.17) is 14.2 Å². The average Bonchev–Trinajstić information content (AvgIpc) is 3.03. The van der Waals surface area contributed by atoms with Gasteiger partial charge in [-0.15, -0.1) is 0 Å². The number of ether oxygens (including phenoxy) is 3. The topological polar surface area (TPSA) is 48.8 Å². The summed E-state index contributed by atoms with van der Waals surface area (Å²) in [4.78, 5) is 2.40.